The van der Waals surface area contributed by atoms with E-state index >= 15 is 0 Å². The van der Waals surface area contributed by atoms with E-state index in [4.69, 9.17) is 21.7 Å². The molecule has 2 atom stereocenters. The van der Waals surface area contributed by atoms with Crippen LogP contribution in [0.5, 0.6) is 11.5 Å². The van der Waals surface area contributed by atoms with Crippen LogP contribution in [-0.2, 0) is 0 Å². The monoisotopic (exact) mass is 459 g/mol. The van der Waals surface area contributed by atoms with E-state index in [0.29, 0.717) is 10.9 Å². The Morgan fingerprint density at radius 2 is 1.85 bits per heavy atom. The number of nitrogens with one attached hydrogen (secondary N) is 1. The van der Waals surface area contributed by atoms with E-state index in [-0.39, 0.29) is 18.9 Å². The Hall–Kier alpha value is -3.92. The van der Waals surface area contributed by atoms with Gasteiger partial charge in [-0.1, -0.05) is 6.07 Å². The molecule has 9 nitrogen and oxygen atoms in total. The topological polar surface area (TPSA) is 82.3 Å². The Kier molecular flexibility index (Phi) is 4.54. The Labute approximate surface area is 195 Å². The summed E-state index contributed by atoms with van der Waals surface area (Å²) in [6, 6.07) is 13.8. The number of fused-ring (bicyclic) bond motifs is 1. The van der Waals surface area contributed by atoms with Crippen LogP contribution in [0.15, 0.2) is 61.3 Å². The number of rotatable bonds is 4. The van der Waals surface area contributed by atoms with Gasteiger partial charge in [0.25, 0.3) is 0 Å². The van der Waals surface area contributed by atoms with Gasteiger partial charge in [-0.25, -0.2) is 4.68 Å². The largest absolute Gasteiger partial charge is 0.454 e. The van der Waals surface area contributed by atoms with Crippen molar-refractivity contribution in [2.45, 2.75) is 25.9 Å². The summed E-state index contributed by atoms with van der Waals surface area (Å²) in [6.45, 7) is 4.39. The summed E-state index contributed by atoms with van der Waals surface area (Å²) < 4.78 is 15.1. The van der Waals surface area contributed by atoms with Crippen molar-refractivity contribution >= 4 is 23.0 Å². The van der Waals surface area contributed by atoms with Crippen LogP contribution in [0.4, 0.5) is 5.69 Å². The van der Waals surface area contributed by atoms with E-state index in [2.05, 4.69) is 50.0 Å². The second-order valence-electron chi connectivity index (χ2n) is 8.01. The van der Waals surface area contributed by atoms with Crippen molar-refractivity contribution in [3.05, 3.63) is 84.0 Å². The molecule has 1 fully saturated rings. The molecule has 2 aliphatic rings. The molecule has 0 amide bonds. The molecule has 0 aliphatic carbocycles. The number of benzene rings is 1. The van der Waals surface area contributed by atoms with E-state index in [0.717, 1.165) is 34.1 Å². The highest BCUT2D eigenvalue weighted by atomic mass is 32.1. The minimum absolute atomic E-state index is 0.135. The van der Waals surface area contributed by atoms with Crippen molar-refractivity contribution < 1.29 is 9.47 Å². The molecule has 0 saturated carbocycles. The zero-order valence-electron chi connectivity index (χ0n) is 18.0. The molecule has 6 rings (SSSR count). The minimum Gasteiger partial charge on any atom is -0.454 e. The molecule has 33 heavy (non-hydrogen) atoms. The Morgan fingerprint density at radius 3 is 2.64 bits per heavy atom. The second kappa shape index (κ2) is 7.59. The van der Waals surface area contributed by atoms with Crippen molar-refractivity contribution in [3.8, 4) is 11.5 Å². The molecule has 10 heteroatoms. The van der Waals surface area contributed by atoms with Gasteiger partial charge in [0.05, 0.1) is 17.8 Å². The van der Waals surface area contributed by atoms with Crippen LogP contribution < -0.4 is 19.7 Å². The maximum absolute atomic E-state index is 5.85. The highest BCUT2D eigenvalue weighted by Crippen LogP contribution is 2.45. The quantitative estimate of drug-likeness (QED) is 0.466. The predicted molar refractivity (Wildman–Crippen MR) is 125 cm³/mol. The average Bonchev–Trinajstić information content (AvgIpc) is 3.60. The molecule has 1 saturated heterocycles. The van der Waals surface area contributed by atoms with Gasteiger partial charge in [0.2, 0.25) is 6.79 Å². The summed E-state index contributed by atoms with van der Waals surface area (Å²) in [6.07, 6.45) is 5.18. The highest BCUT2D eigenvalue weighted by molar-refractivity contribution is 7.80. The smallest absolute Gasteiger partial charge is 0.231 e. The van der Waals surface area contributed by atoms with Gasteiger partial charge in [-0.05, 0) is 56.4 Å². The molecule has 0 radical (unpaired) electrons. The molecule has 4 aromatic rings. The van der Waals surface area contributed by atoms with Crippen molar-refractivity contribution in [3.63, 3.8) is 0 Å². The van der Waals surface area contributed by atoms with Gasteiger partial charge in [0.1, 0.15) is 12.7 Å². The summed E-state index contributed by atoms with van der Waals surface area (Å²) in [5.41, 5.74) is 5.10. The summed E-state index contributed by atoms with van der Waals surface area (Å²) in [4.78, 5) is 6.77. The van der Waals surface area contributed by atoms with E-state index in [1.54, 1.807) is 18.9 Å². The van der Waals surface area contributed by atoms with Crippen LogP contribution in [0.2, 0.25) is 0 Å². The lowest BCUT2D eigenvalue weighted by Crippen LogP contribution is -2.29. The maximum Gasteiger partial charge on any atom is 0.231 e. The summed E-state index contributed by atoms with van der Waals surface area (Å²) in [5.74, 6) is 1.45. The third-order valence-corrected chi connectivity index (χ3v) is 6.44. The summed E-state index contributed by atoms with van der Waals surface area (Å²) in [5, 5.41) is 12.1. The number of thiocarbonyl (C=S) groups is 1. The van der Waals surface area contributed by atoms with E-state index in [1.807, 2.05) is 41.1 Å². The fraction of sp³-hybridized carbons (Fsp3) is 0.217. The molecule has 5 heterocycles. The first-order valence-corrected chi connectivity index (χ1v) is 11.0. The number of hydrogen-bond donors (Lipinski definition) is 1. The number of hydrogen-bond acceptors (Lipinski definition) is 6. The lowest BCUT2D eigenvalue weighted by Gasteiger charge is -2.28. The highest BCUT2D eigenvalue weighted by Gasteiger charge is 2.42. The van der Waals surface area contributed by atoms with Gasteiger partial charge in [0.15, 0.2) is 16.6 Å². The van der Waals surface area contributed by atoms with Crippen molar-refractivity contribution in [2.75, 3.05) is 11.7 Å². The first-order chi connectivity index (χ1) is 16.1. The number of nitrogens with zero attached hydrogens (tertiary/aromatic N) is 6. The first kappa shape index (κ1) is 19.7. The lowest BCUT2D eigenvalue weighted by molar-refractivity contribution is 0.174. The second-order valence-corrected chi connectivity index (χ2v) is 8.40. The van der Waals surface area contributed by atoms with Gasteiger partial charge < -0.3 is 19.7 Å². The number of aromatic nitrogens is 5. The standard InChI is InChI=1S/C23H21N7O2S/c1-14-9-17(15(2)30(14)28-11-25-26-12-28)22-21(18-5-3-4-8-24-18)27-23(33)29(22)16-6-7-19-20(10-16)32-13-31-19/h3-12,21-22H,13H2,1-2H3,(H,27,33)/t21-,22+/m0/s1. The van der Waals surface area contributed by atoms with Crippen molar-refractivity contribution in [1.29, 1.82) is 0 Å². The molecular formula is C23H21N7O2S. The van der Waals surface area contributed by atoms with E-state index in [1.165, 1.54) is 0 Å². The Morgan fingerprint density at radius 1 is 1.03 bits per heavy atom. The van der Waals surface area contributed by atoms with Gasteiger partial charge in [0, 0.05) is 34.9 Å². The summed E-state index contributed by atoms with van der Waals surface area (Å²) >= 11 is 5.85. The predicted octanol–water partition coefficient (Wildman–Crippen LogP) is 3.31. The molecule has 0 spiro atoms. The maximum atomic E-state index is 5.85. The van der Waals surface area contributed by atoms with Gasteiger partial charge >= 0.3 is 0 Å². The SMILES string of the molecule is Cc1cc([C@@H]2[C@H](c3ccccn3)NC(=S)N2c2ccc3c(c2)OCO3)c(C)n1-n1cnnc1. The zero-order chi connectivity index (χ0) is 22.5. The van der Waals surface area contributed by atoms with Gasteiger partial charge in [-0.2, -0.15) is 0 Å². The minimum atomic E-state index is -0.140. The molecule has 0 bridgehead atoms. The van der Waals surface area contributed by atoms with Crippen LogP contribution in [0.3, 0.4) is 0 Å². The number of aryl methyl sites for hydroxylation is 1. The van der Waals surface area contributed by atoms with Crippen LogP contribution in [0.25, 0.3) is 0 Å². The zero-order valence-corrected chi connectivity index (χ0v) is 18.9. The fourth-order valence-corrected chi connectivity index (χ4v) is 5.06. The fourth-order valence-electron chi connectivity index (χ4n) is 4.71. The van der Waals surface area contributed by atoms with E-state index in [9.17, 15) is 0 Å². The van der Waals surface area contributed by atoms with Crippen LogP contribution >= 0.6 is 12.2 Å². The third-order valence-electron chi connectivity index (χ3n) is 6.12. The number of ether oxygens (including phenoxy) is 2. The summed E-state index contributed by atoms with van der Waals surface area (Å²) in [7, 11) is 0. The van der Waals surface area contributed by atoms with Gasteiger partial charge in [-0.3, -0.25) is 9.66 Å². The van der Waals surface area contributed by atoms with E-state index < -0.39 is 0 Å². The Bertz CT molecular complexity index is 1340. The van der Waals surface area contributed by atoms with Crippen LogP contribution in [-0.4, -0.2) is 36.4 Å². The molecular weight excluding hydrogens is 438 g/mol. The molecule has 3 aromatic heterocycles. The average molecular weight is 460 g/mol. The molecule has 166 valence electrons. The number of anilines is 1. The van der Waals surface area contributed by atoms with Crippen LogP contribution in [0.1, 0.15) is 34.7 Å². The molecule has 1 aromatic carbocycles. The van der Waals surface area contributed by atoms with Crippen molar-refractivity contribution in [2.24, 2.45) is 0 Å². The lowest BCUT2D eigenvalue weighted by atomic mass is 9.96. The first-order valence-electron chi connectivity index (χ1n) is 10.6. The van der Waals surface area contributed by atoms with Gasteiger partial charge in [-0.15, -0.1) is 10.2 Å². The molecule has 2 aliphatic heterocycles. The third kappa shape index (κ3) is 3.13. The number of pyridine rings is 1. The van der Waals surface area contributed by atoms with Crippen molar-refractivity contribution in [1.82, 2.24) is 29.9 Å². The molecule has 1 N–H and O–H groups in total. The molecule has 0 unspecified atom stereocenters. The normalized spacial score (nSPS) is 19.2. The van der Waals surface area contributed by atoms with Crippen LogP contribution in [0, 0.1) is 13.8 Å². The Balaban J connectivity index is 1.52.